The first-order valence-corrected chi connectivity index (χ1v) is 10.1. The van der Waals surface area contributed by atoms with Gasteiger partial charge in [-0.25, -0.2) is 9.59 Å². The normalized spacial score (nSPS) is 11.1. The molecule has 0 unspecified atom stereocenters. The summed E-state index contributed by atoms with van der Waals surface area (Å²) in [7, 11) is 1.58. The molecule has 4 rings (SSSR count). The number of ether oxygens (including phenoxy) is 2. The summed E-state index contributed by atoms with van der Waals surface area (Å²) in [6, 6.07) is 17.6. The van der Waals surface area contributed by atoms with Crippen LogP contribution in [0.25, 0.3) is 27.5 Å². The lowest BCUT2D eigenvalue weighted by Gasteiger charge is -2.10. The van der Waals surface area contributed by atoms with Gasteiger partial charge in [-0.15, -0.1) is 0 Å². The summed E-state index contributed by atoms with van der Waals surface area (Å²) < 4.78 is 16.6. The van der Waals surface area contributed by atoms with Crippen LogP contribution in [0.1, 0.15) is 5.56 Å². The van der Waals surface area contributed by atoms with E-state index in [0.717, 1.165) is 22.5 Å². The zero-order chi connectivity index (χ0) is 21.1. The van der Waals surface area contributed by atoms with E-state index in [4.69, 9.17) is 25.5 Å². The summed E-state index contributed by atoms with van der Waals surface area (Å²) in [4.78, 5) is 23.8. The van der Waals surface area contributed by atoms with E-state index in [2.05, 4.69) is 0 Å². The molecule has 0 fully saturated rings. The Hall–Kier alpha value is -3.35. The molecule has 1 heterocycles. The molecular weight excluding hydrogens is 424 g/mol. The number of esters is 1. The van der Waals surface area contributed by atoms with E-state index in [1.54, 1.807) is 61.7 Å². The Balaban J connectivity index is 1.70. The van der Waals surface area contributed by atoms with E-state index in [9.17, 15) is 9.59 Å². The van der Waals surface area contributed by atoms with E-state index in [-0.39, 0.29) is 0 Å². The predicted octanol–water partition coefficient (Wildman–Crippen LogP) is 5.80. The van der Waals surface area contributed by atoms with Gasteiger partial charge in [-0.2, -0.15) is 0 Å². The summed E-state index contributed by atoms with van der Waals surface area (Å²) in [6.45, 7) is 0. The zero-order valence-electron chi connectivity index (χ0n) is 15.8. The molecule has 0 aliphatic carbocycles. The average Bonchev–Trinajstić information content (AvgIpc) is 3.13. The fourth-order valence-electron chi connectivity index (χ4n) is 2.92. The number of hydrogen-bond donors (Lipinski definition) is 0. The molecule has 0 bridgehead atoms. The van der Waals surface area contributed by atoms with Crippen LogP contribution in [0.15, 0.2) is 76.0 Å². The number of fused-ring (bicyclic) bond motifs is 1. The lowest BCUT2D eigenvalue weighted by Crippen LogP contribution is -2.04. The number of methoxy groups -OCH3 is 1. The van der Waals surface area contributed by atoms with Crippen LogP contribution >= 0.6 is 22.9 Å². The molecule has 150 valence electrons. The molecule has 0 saturated carbocycles. The van der Waals surface area contributed by atoms with Gasteiger partial charge in [0.15, 0.2) is 0 Å². The van der Waals surface area contributed by atoms with E-state index >= 15 is 0 Å². The number of benzene rings is 3. The Morgan fingerprint density at radius 1 is 1.03 bits per heavy atom. The third-order valence-electron chi connectivity index (χ3n) is 4.33. The van der Waals surface area contributed by atoms with Gasteiger partial charge in [0.25, 0.3) is 0 Å². The zero-order valence-corrected chi connectivity index (χ0v) is 17.3. The Morgan fingerprint density at radius 3 is 2.47 bits per heavy atom. The number of halogens is 1. The molecule has 0 aliphatic heterocycles. The highest BCUT2D eigenvalue weighted by molar-refractivity contribution is 7.16. The maximum absolute atomic E-state index is 12.4. The van der Waals surface area contributed by atoms with Gasteiger partial charge in [0.2, 0.25) is 0 Å². The van der Waals surface area contributed by atoms with Crippen molar-refractivity contribution in [2.75, 3.05) is 7.11 Å². The highest BCUT2D eigenvalue weighted by Crippen LogP contribution is 2.39. The van der Waals surface area contributed by atoms with Crippen molar-refractivity contribution in [1.82, 2.24) is 0 Å². The quantitative estimate of drug-likeness (QED) is 0.224. The third kappa shape index (κ3) is 4.30. The average molecular weight is 439 g/mol. The Kier molecular flexibility index (Phi) is 5.70. The van der Waals surface area contributed by atoms with Crippen LogP contribution in [-0.2, 0) is 4.79 Å². The molecule has 30 heavy (non-hydrogen) atoms. The molecule has 0 amide bonds. The summed E-state index contributed by atoms with van der Waals surface area (Å²) in [6.07, 6.45) is 2.98. The molecule has 4 aromatic rings. The fourth-order valence-corrected chi connectivity index (χ4v) is 3.87. The molecule has 7 heteroatoms. The number of carbonyl (C=O) groups is 1. The smallest absolute Gasteiger partial charge is 0.396 e. The van der Waals surface area contributed by atoms with Crippen molar-refractivity contribution in [2.45, 2.75) is 0 Å². The maximum atomic E-state index is 12.4. The number of rotatable bonds is 5. The summed E-state index contributed by atoms with van der Waals surface area (Å²) >= 11 is 6.83. The molecule has 0 aliphatic rings. The molecule has 0 radical (unpaired) electrons. The topological polar surface area (TPSA) is 65.7 Å². The first-order chi connectivity index (χ1) is 14.5. The molecule has 5 nitrogen and oxygen atoms in total. The summed E-state index contributed by atoms with van der Waals surface area (Å²) in [5, 5.41) is 0.617. The lowest BCUT2D eigenvalue weighted by molar-refractivity contribution is -0.128. The van der Waals surface area contributed by atoms with E-state index in [1.165, 1.54) is 6.08 Å². The largest absolute Gasteiger partial charge is 0.497 e. The second-order valence-corrected chi connectivity index (χ2v) is 7.64. The Bertz CT molecular complexity index is 1280. The van der Waals surface area contributed by atoms with Crippen molar-refractivity contribution in [2.24, 2.45) is 0 Å². The van der Waals surface area contributed by atoms with Gasteiger partial charge in [-0.05, 0) is 53.6 Å². The predicted molar refractivity (Wildman–Crippen MR) is 118 cm³/mol. The van der Waals surface area contributed by atoms with Gasteiger partial charge in [0, 0.05) is 16.7 Å². The molecule has 3 aromatic carbocycles. The molecular formula is C23H15ClO5S. The Morgan fingerprint density at radius 2 is 1.77 bits per heavy atom. The van der Waals surface area contributed by atoms with E-state index in [1.807, 2.05) is 12.1 Å². The molecule has 0 spiro atoms. The molecule has 0 N–H and O–H groups in total. The molecule has 1 aromatic heterocycles. The molecule has 0 saturated heterocycles. The van der Waals surface area contributed by atoms with Crippen LogP contribution in [0, 0.1) is 0 Å². The standard InChI is InChI=1S/C23H15ClO5S/c1-27-17-9-5-15(6-10-17)21-18(11-12-19-22(21)30-23(26)29-19)28-20(25)13-4-14-2-7-16(24)8-3-14/h2-13H,1H3/b13-4+. The minimum atomic E-state index is -0.546. The second-order valence-electron chi connectivity index (χ2n) is 6.25. The fraction of sp³-hybridized carbons (Fsp3) is 0.0435. The number of carbonyl (C=O) groups excluding carboxylic acids is 1. The minimum absolute atomic E-state index is 0.329. The van der Waals surface area contributed by atoms with Crippen LogP contribution in [0.3, 0.4) is 0 Å². The van der Waals surface area contributed by atoms with Gasteiger partial charge in [-0.1, -0.05) is 47.2 Å². The van der Waals surface area contributed by atoms with E-state index in [0.29, 0.717) is 32.4 Å². The summed E-state index contributed by atoms with van der Waals surface area (Å²) in [5.41, 5.74) is 2.63. The maximum Gasteiger partial charge on any atom is 0.396 e. The van der Waals surface area contributed by atoms with Crippen molar-refractivity contribution in [3.8, 4) is 22.6 Å². The summed E-state index contributed by atoms with van der Waals surface area (Å²) in [5.74, 6) is 0.473. The van der Waals surface area contributed by atoms with Crippen LogP contribution in [0.5, 0.6) is 11.5 Å². The highest BCUT2D eigenvalue weighted by atomic mass is 35.5. The lowest BCUT2D eigenvalue weighted by atomic mass is 10.0. The van der Waals surface area contributed by atoms with Gasteiger partial charge in [0.05, 0.1) is 11.8 Å². The van der Waals surface area contributed by atoms with Crippen molar-refractivity contribution in [3.05, 3.63) is 87.1 Å². The monoisotopic (exact) mass is 438 g/mol. The first kappa shape index (κ1) is 19.9. The van der Waals surface area contributed by atoms with Crippen LogP contribution in [0.2, 0.25) is 5.02 Å². The van der Waals surface area contributed by atoms with Gasteiger partial charge < -0.3 is 13.9 Å². The van der Waals surface area contributed by atoms with Crippen molar-refractivity contribution in [1.29, 1.82) is 0 Å². The second kappa shape index (κ2) is 8.57. The SMILES string of the molecule is COc1ccc(-c2c(OC(=O)/C=C/c3ccc(Cl)cc3)ccc3oc(=O)sc23)cc1. The van der Waals surface area contributed by atoms with Crippen LogP contribution < -0.4 is 14.4 Å². The first-order valence-electron chi connectivity index (χ1n) is 8.90. The van der Waals surface area contributed by atoms with Crippen molar-refractivity contribution >= 4 is 45.3 Å². The van der Waals surface area contributed by atoms with Crippen LogP contribution in [0.4, 0.5) is 0 Å². The number of hydrogen-bond acceptors (Lipinski definition) is 6. The van der Waals surface area contributed by atoms with Gasteiger partial charge in [-0.3, -0.25) is 0 Å². The Labute approximate surface area is 180 Å². The third-order valence-corrected chi connectivity index (χ3v) is 5.44. The minimum Gasteiger partial charge on any atom is -0.497 e. The van der Waals surface area contributed by atoms with Crippen molar-refractivity contribution < 1.29 is 18.7 Å². The molecule has 0 atom stereocenters. The van der Waals surface area contributed by atoms with Crippen molar-refractivity contribution in [3.63, 3.8) is 0 Å². The highest BCUT2D eigenvalue weighted by Gasteiger charge is 2.17. The van der Waals surface area contributed by atoms with E-state index < -0.39 is 10.9 Å². The van der Waals surface area contributed by atoms with Gasteiger partial charge in [0.1, 0.15) is 17.1 Å². The van der Waals surface area contributed by atoms with Crippen LogP contribution in [-0.4, -0.2) is 13.1 Å². The van der Waals surface area contributed by atoms with Gasteiger partial charge >= 0.3 is 10.9 Å².